The fourth-order valence-electron chi connectivity index (χ4n) is 2.87. The number of aryl methyl sites for hydroxylation is 2. The number of nitrogens with zero attached hydrogens (tertiary/aromatic N) is 5. The highest BCUT2D eigenvalue weighted by molar-refractivity contribution is 6.31. The topological polar surface area (TPSA) is 56.0 Å². The van der Waals surface area contributed by atoms with Crippen molar-refractivity contribution in [2.24, 2.45) is 0 Å². The van der Waals surface area contributed by atoms with Crippen molar-refractivity contribution in [2.45, 2.75) is 57.9 Å². The highest BCUT2D eigenvalue weighted by atomic mass is 35.5. The maximum atomic E-state index is 12.9. The van der Waals surface area contributed by atoms with Gasteiger partial charge in [0, 0.05) is 44.4 Å². The minimum atomic E-state index is -4.48. The van der Waals surface area contributed by atoms with E-state index in [1.807, 2.05) is 6.92 Å². The minimum Gasteiger partial charge on any atom is -0.340 e. The van der Waals surface area contributed by atoms with E-state index in [0.29, 0.717) is 23.0 Å². The molecule has 1 aliphatic carbocycles. The number of halogens is 4. The fraction of sp³-hybridized carbons (Fsp3) is 0.588. The van der Waals surface area contributed by atoms with E-state index >= 15 is 0 Å². The summed E-state index contributed by atoms with van der Waals surface area (Å²) >= 11 is 6.11. The molecule has 2 heterocycles. The van der Waals surface area contributed by atoms with Gasteiger partial charge in [0.1, 0.15) is 5.69 Å². The van der Waals surface area contributed by atoms with Crippen molar-refractivity contribution in [3.63, 3.8) is 0 Å². The maximum Gasteiger partial charge on any atom is 0.435 e. The Morgan fingerprint density at radius 3 is 2.63 bits per heavy atom. The van der Waals surface area contributed by atoms with Crippen molar-refractivity contribution in [1.82, 2.24) is 24.5 Å². The van der Waals surface area contributed by atoms with Crippen LogP contribution in [0.2, 0.25) is 5.02 Å². The second-order valence-corrected chi connectivity index (χ2v) is 7.14. The van der Waals surface area contributed by atoms with Crippen molar-refractivity contribution in [1.29, 1.82) is 0 Å². The highest BCUT2D eigenvalue weighted by Gasteiger charge is 2.37. The maximum absolute atomic E-state index is 12.9. The Balaban J connectivity index is 1.63. The summed E-state index contributed by atoms with van der Waals surface area (Å²) in [5.41, 5.74) is 0.246. The molecular weight excluding hydrogens is 383 g/mol. The predicted molar refractivity (Wildman–Crippen MR) is 93.2 cm³/mol. The molecule has 0 atom stereocenters. The van der Waals surface area contributed by atoms with Gasteiger partial charge in [0.15, 0.2) is 5.69 Å². The van der Waals surface area contributed by atoms with Crippen LogP contribution in [0, 0.1) is 0 Å². The van der Waals surface area contributed by atoms with Crippen LogP contribution in [0.4, 0.5) is 13.2 Å². The van der Waals surface area contributed by atoms with Gasteiger partial charge in [-0.3, -0.25) is 14.2 Å². The summed E-state index contributed by atoms with van der Waals surface area (Å²) < 4.78 is 41.8. The first-order valence-corrected chi connectivity index (χ1v) is 9.17. The third-order valence-corrected chi connectivity index (χ3v) is 4.87. The van der Waals surface area contributed by atoms with E-state index in [-0.39, 0.29) is 31.3 Å². The monoisotopic (exact) mass is 403 g/mol. The molecule has 6 nitrogen and oxygen atoms in total. The Hall–Kier alpha value is -2.03. The van der Waals surface area contributed by atoms with Crippen molar-refractivity contribution < 1.29 is 18.0 Å². The average molecular weight is 404 g/mol. The van der Waals surface area contributed by atoms with Gasteiger partial charge in [-0.05, 0) is 25.8 Å². The summed E-state index contributed by atoms with van der Waals surface area (Å²) in [4.78, 5) is 13.9. The molecule has 3 rings (SSSR count). The lowest BCUT2D eigenvalue weighted by atomic mass is 10.2. The van der Waals surface area contributed by atoms with E-state index < -0.39 is 11.9 Å². The summed E-state index contributed by atoms with van der Waals surface area (Å²) in [6.45, 7) is 2.95. The molecule has 1 amide bonds. The van der Waals surface area contributed by atoms with Crippen LogP contribution in [0.1, 0.15) is 49.2 Å². The van der Waals surface area contributed by atoms with E-state index in [2.05, 4.69) is 10.2 Å². The quantitative estimate of drug-likeness (QED) is 0.708. The zero-order valence-electron chi connectivity index (χ0n) is 15.1. The summed E-state index contributed by atoms with van der Waals surface area (Å²) in [6.07, 6.45) is -1.02. The molecule has 0 bridgehead atoms. The summed E-state index contributed by atoms with van der Waals surface area (Å²) in [7, 11) is 1.62. The Labute approximate surface area is 159 Å². The molecule has 0 aliphatic heterocycles. The molecule has 10 heteroatoms. The largest absolute Gasteiger partial charge is 0.435 e. The SMILES string of the molecule is CCn1cc(Cl)c(CN(C)C(=O)CCn2nc(C(F)(F)F)cc2C2CC2)n1. The van der Waals surface area contributed by atoms with Crippen LogP contribution < -0.4 is 0 Å². The molecular formula is C17H21ClF3N5O. The van der Waals surface area contributed by atoms with E-state index in [9.17, 15) is 18.0 Å². The average Bonchev–Trinajstić information content (AvgIpc) is 3.25. The first kappa shape index (κ1) is 19.7. The molecule has 0 unspecified atom stereocenters. The first-order valence-electron chi connectivity index (χ1n) is 8.79. The van der Waals surface area contributed by atoms with Gasteiger partial charge in [-0.25, -0.2) is 0 Å². The lowest BCUT2D eigenvalue weighted by molar-refractivity contribution is -0.141. The summed E-state index contributed by atoms with van der Waals surface area (Å²) in [5.74, 6) is -0.0961. The lowest BCUT2D eigenvalue weighted by Gasteiger charge is -2.16. The Bertz CT molecular complexity index is 825. The van der Waals surface area contributed by atoms with Crippen LogP contribution >= 0.6 is 11.6 Å². The van der Waals surface area contributed by atoms with Gasteiger partial charge in [0.05, 0.1) is 11.6 Å². The zero-order valence-corrected chi connectivity index (χ0v) is 15.9. The number of aromatic nitrogens is 4. The van der Waals surface area contributed by atoms with Gasteiger partial charge in [0.25, 0.3) is 0 Å². The smallest absolute Gasteiger partial charge is 0.340 e. The van der Waals surface area contributed by atoms with Gasteiger partial charge in [0.2, 0.25) is 5.91 Å². The number of carbonyl (C=O) groups is 1. The predicted octanol–water partition coefficient (Wildman–Crippen LogP) is 3.70. The Kier molecular flexibility index (Phi) is 5.50. The molecule has 148 valence electrons. The third kappa shape index (κ3) is 4.63. The zero-order chi connectivity index (χ0) is 19.8. The Morgan fingerprint density at radius 1 is 1.37 bits per heavy atom. The molecule has 0 radical (unpaired) electrons. The summed E-state index contributed by atoms with van der Waals surface area (Å²) in [5, 5.41) is 8.44. The first-order chi connectivity index (χ1) is 12.7. The molecule has 1 saturated carbocycles. The van der Waals surface area contributed by atoms with E-state index in [0.717, 1.165) is 18.9 Å². The molecule has 2 aromatic rings. The van der Waals surface area contributed by atoms with E-state index in [1.165, 1.54) is 9.58 Å². The second kappa shape index (κ2) is 7.53. The Morgan fingerprint density at radius 2 is 2.07 bits per heavy atom. The molecule has 1 aliphatic rings. The van der Waals surface area contributed by atoms with Gasteiger partial charge in [-0.15, -0.1) is 0 Å². The number of carbonyl (C=O) groups excluding carboxylic acids is 1. The molecule has 27 heavy (non-hydrogen) atoms. The van der Waals surface area contributed by atoms with Crippen molar-refractivity contribution in [2.75, 3.05) is 7.05 Å². The molecule has 1 fully saturated rings. The lowest BCUT2D eigenvalue weighted by Crippen LogP contribution is -2.27. The number of hydrogen-bond donors (Lipinski definition) is 0. The van der Waals surface area contributed by atoms with Gasteiger partial charge < -0.3 is 4.90 Å². The molecule has 0 N–H and O–H groups in total. The van der Waals surface area contributed by atoms with Crippen LogP contribution in [0.25, 0.3) is 0 Å². The standard InChI is InChI=1S/C17H21ClF3N5O/c1-3-25-9-12(18)13(22-25)10-24(2)16(27)6-7-26-14(11-4-5-11)8-15(23-26)17(19,20)21/h8-9,11H,3-7,10H2,1-2H3. The van der Waals surface area contributed by atoms with Crippen LogP contribution in [-0.2, 0) is 30.6 Å². The molecule has 0 spiro atoms. The van der Waals surface area contributed by atoms with Crippen molar-refractivity contribution in [3.8, 4) is 0 Å². The van der Waals surface area contributed by atoms with Crippen molar-refractivity contribution in [3.05, 3.63) is 34.4 Å². The molecule has 0 aromatic carbocycles. The molecule has 0 saturated heterocycles. The fourth-order valence-corrected chi connectivity index (χ4v) is 3.08. The normalized spacial score (nSPS) is 14.6. The highest BCUT2D eigenvalue weighted by Crippen LogP contribution is 2.42. The van der Waals surface area contributed by atoms with Crippen LogP contribution in [-0.4, -0.2) is 37.4 Å². The van der Waals surface area contributed by atoms with Crippen LogP contribution in [0.15, 0.2) is 12.3 Å². The van der Waals surface area contributed by atoms with Crippen LogP contribution in [0.3, 0.4) is 0 Å². The number of hydrogen-bond acceptors (Lipinski definition) is 3. The van der Waals surface area contributed by atoms with Gasteiger partial charge in [-0.1, -0.05) is 11.6 Å². The number of rotatable bonds is 7. The number of amides is 1. The van der Waals surface area contributed by atoms with Gasteiger partial charge >= 0.3 is 6.18 Å². The summed E-state index contributed by atoms with van der Waals surface area (Å²) in [6, 6.07) is 1.10. The number of alkyl halides is 3. The third-order valence-electron chi connectivity index (χ3n) is 4.56. The van der Waals surface area contributed by atoms with Crippen LogP contribution in [0.5, 0.6) is 0 Å². The van der Waals surface area contributed by atoms with Crippen molar-refractivity contribution >= 4 is 17.5 Å². The van der Waals surface area contributed by atoms with E-state index in [1.54, 1.807) is 17.9 Å². The van der Waals surface area contributed by atoms with Gasteiger partial charge in [-0.2, -0.15) is 23.4 Å². The molecule has 2 aromatic heterocycles. The van der Waals surface area contributed by atoms with E-state index in [4.69, 9.17) is 11.6 Å². The second-order valence-electron chi connectivity index (χ2n) is 6.73. The minimum absolute atomic E-state index is 0.0568.